The molecular weight excluding hydrogens is 438 g/mol. The lowest BCUT2D eigenvalue weighted by Gasteiger charge is -2.12. The molecular formula is C25H29N3O6. The third-order valence-corrected chi connectivity index (χ3v) is 5.29. The van der Waals surface area contributed by atoms with Crippen LogP contribution in [0.2, 0.25) is 0 Å². The van der Waals surface area contributed by atoms with Gasteiger partial charge in [0.05, 0.1) is 19.6 Å². The predicted molar refractivity (Wildman–Crippen MR) is 129 cm³/mol. The minimum atomic E-state index is -0.777. The van der Waals surface area contributed by atoms with Crippen LogP contribution in [0.1, 0.15) is 43.1 Å². The third kappa shape index (κ3) is 5.92. The summed E-state index contributed by atoms with van der Waals surface area (Å²) < 4.78 is 16.9. The smallest absolute Gasteiger partial charge is 0.359 e. The molecule has 0 aliphatic rings. The van der Waals surface area contributed by atoms with Gasteiger partial charge in [0.2, 0.25) is 0 Å². The Kier molecular flexibility index (Phi) is 8.61. The van der Waals surface area contributed by atoms with Crippen LogP contribution < -0.4 is 20.3 Å². The normalized spacial score (nSPS) is 10.7. The van der Waals surface area contributed by atoms with Crippen molar-refractivity contribution in [3.8, 4) is 11.5 Å². The molecule has 1 heterocycles. The summed E-state index contributed by atoms with van der Waals surface area (Å²) in [4.78, 5) is 38.0. The van der Waals surface area contributed by atoms with Crippen LogP contribution in [0.4, 0.5) is 5.69 Å². The van der Waals surface area contributed by atoms with Crippen molar-refractivity contribution >= 4 is 28.3 Å². The van der Waals surface area contributed by atoms with E-state index in [2.05, 4.69) is 17.3 Å². The van der Waals surface area contributed by atoms with Crippen LogP contribution >= 0.6 is 0 Å². The van der Waals surface area contributed by atoms with Crippen molar-refractivity contribution < 1.29 is 23.8 Å². The molecule has 0 atom stereocenters. The van der Waals surface area contributed by atoms with Crippen molar-refractivity contribution in [2.45, 2.75) is 39.2 Å². The number of nitrogens with zero attached hydrogens (tertiary/aromatic N) is 2. The van der Waals surface area contributed by atoms with Crippen molar-refractivity contribution in [2.75, 3.05) is 26.1 Å². The van der Waals surface area contributed by atoms with Crippen LogP contribution in [0.5, 0.6) is 11.5 Å². The molecule has 0 saturated carbocycles. The van der Waals surface area contributed by atoms with Gasteiger partial charge in [-0.2, -0.15) is 5.10 Å². The Bertz CT molecular complexity index is 1220. The molecule has 1 aromatic heterocycles. The summed E-state index contributed by atoms with van der Waals surface area (Å²) in [6.07, 6.45) is 3.88. The number of amides is 1. The number of benzene rings is 2. The van der Waals surface area contributed by atoms with Crippen molar-refractivity contribution in [3.63, 3.8) is 0 Å². The zero-order chi connectivity index (χ0) is 24.5. The molecule has 34 heavy (non-hydrogen) atoms. The molecule has 0 aliphatic heterocycles. The lowest BCUT2D eigenvalue weighted by molar-refractivity contribution is -0.119. The maximum atomic E-state index is 12.8. The molecule has 0 radical (unpaired) electrons. The maximum absolute atomic E-state index is 12.8. The molecule has 0 unspecified atom stereocenters. The molecule has 1 amide bonds. The van der Waals surface area contributed by atoms with Gasteiger partial charge in [-0.1, -0.05) is 44.4 Å². The molecule has 0 spiro atoms. The van der Waals surface area contributed by atoms with Crippen LogP contribution in [0.15, 0.2) is 47.3 Å². The standard InChI is InChI=1S/C25H29N3O6/c1-4-5-6-9-14-28-24(30)19-11-8-7-10-18(19)23(27-28)25(31)34-16-22(29)26-17-12-13-20(32-2)21(15-17)33-3/h7-8,10-13,15H,4-6,9,14,16H2,1-3H3,(H,26,29). The van der Waals surface area contributed by atoms with E-state index in [1.807, 2.05) is 0 Å². The number of esters is 1. The monoisotopic (exact) mass is 467 g/mol. The van der Waals surface area contributed by atoms with Gasteiger partial charge in [-0.25, -0.2) is 9.48 Å². The van der Waals surface area contributed by atoms with Crippen LogP contribution in [-0.2, 0) is 16.1 Å². The van der Waals surface area contributed by atoms with E-state index < -0.39 is 18.5 Å². The van der Waals surface area contributed by atoms with Crippen molar-refractivity contribution in [1.82, 2.24) is 9.78 Å². The Morgan fingerprint density at radius 2 is 1.71 bits per heavy atom. The van der Waals surface area contributed by atoms with E-state index in [1.165, 1.54) is 18.9 Å². The van der Waals surface area contributed by atoms with Gasteiger partial charge in [0, 0.05) is 23.7 Å². The molecule has 0 bridgehead atoms. The minimum absolute atomic E-state index is 0.00427. The number of carbonyl (C=O) groups is 2. The Balaban J connectivity index is 1.73. The number of aryl methyl sites for hydroxylation is 1. The molecule has 0 aliphatic carbocycles. The zero-order valence-electron chi connectivity index (χ0n) is 19.6. The first-order valence-electron chi connectivity index (χ1n) is 11.2. The highest BCUT2D eigenvalue weighted by Crippen LogP contribution is 2.29. The molecule has 0 fully saturated rings. The fraction of sp³-hybridized carbons (Fsp3) is 0.360. The average molecular weight is 468 g/mol. The number of rotatable bonds is 11. The number of fused-ring (bicyclic) bond motifs is 1. The summed E-state index contributed by atoms with van der Waals surface area (Å²) in [6, 6.07) is 11.6. The second-order valence-electron chi connectivity index (χ2n) is 7.68. The Morgan fingerprint density at radius 3 is 2.41 bits per heavy atom. The van der Waals surface area contributed by atoms with Crippen molar-refractivity contribution in [1.29, 1.82) is 0 Å². The number of ether oxygens (including phenoxy) is 3. The highest BCUT2D eigenvalue weighted by Gasteiger charge is 2.19. The summed E-state index contributed by atoms with van der Waals surface area (Å²) in [5.74, 6) is -0.331. The molecule has 3 aromatic rings. The fourth-order valence-corrected chi connectivity index (χ4v) is 3.54. The third-order valence-electron chi connectivity index (χ3n) is 5.29. The summed E-state index contributed by atoms with van der Waals surface area (Å²) in [5, 5.41) is 7.69. The molecule has 0 saturated heterocycles. The zero-order valence-corrected chi connectivity index (χ0v) is 19.6. The summed E-state index contributed by atoms with van der Waals surface area (Å²) in [5.41, 5.74) is 0.211. The van der Waals surface area contributed by atoms with Gasteiger partial charge < -0.3 is 19.5 Å². The van der Waals surface area contributed by atoms with Gasteiger partial charge >= 0.3 is 5.97 Å². The van der Waals surface area contributed by atoms with Crippen molar-refractivity contribution in [2.24, 2.45) is 0 Å². The van der Waals surface area contributed by atoms with Gasteiger partial charge in [0.25, 0.3) is 11.5 Å². The maximum Gasteiger partial charge on any atom is 0.359 e. The number of carbonyl (C=O) groups excluding carboxylic acids is 2. The summed E-state index contributed by atoms with van der Waals surface area (Å²) in [6.45, 7) is 2.00. The lowest BCUT2D eigenvalue weighted by atomic mass is 10.1. The molecule has 9 heteroatoms. The quantitative estimate of drug-likeness (QED) is 0.338. The number of unbranched alkanes of at least 4 members (excludes halogenated alkanes) is 3. The Hall–Kier alpha value is -3.88. The number of aromatic nitrogens is 2. The van der Waals surface area contributed by atoms with E-state index >= 15 is 0 Å². The molecule has 180 valence electrons. The van der Waals surface area contributed by atoms with Crippen LogP contribution in [-0.4, -0.2) is 42.5 Å². The van der Waals surface area contributed by atoms with Gasteiger partial charge in [-0.3, -0.25) is 9.59 Å². The van der Waals surface area contributed by atoms with E-state index in [-0.39, 0.29) is 11.3 Å². The van der Waals surface area contributed by atoms with Crippen molar-refractivity contribution in [3.05, 3.63) is 58.5 Å². The largest absolute Gasteiger partial charge is 0.493 e. The number of nitrogens with one attached hydrogen (secondary N) is 1. The van der Waals surface area contributed by atoms with Gasteiger partial charge in [-0.15, -0.1) is 0 Å². The molecule has 2 aromatic carbocycles. The number of anilines is 1. The van der Waals surface area contributed by atoms with E-state index in [0.717, 1.165) is 25.7 Å². The summed E-state index contributed by atoms with van der Waals surface area (Å²) in [7, 11) is 3.01. The summed E-state index contributed by atoms with van der Waals surface area (Å²) >= 11 is 0. The highest BCUT2D eigenvalue weighted by molar-refractivity contribution is 6.03. The van der Waals surface area contributed by atoms with Crippen LogP contribution in [0.3, 0.4) is 0 Å². The fourth-order valence-electron chi connectivity index (χ4n) is 3.54. The molecule has 3 rings (SSSR count). The van der Waals surface area contributed by atoms with E-state index in [0.29, 0.717) is 34.5 Å². The first-order chi connectivity index (χ1) is 16.5. The number of hydrogen-bond acceptors (Lipinski definition) is 7. The van der Waals surface area contributed by atoms with Crippen LogP contribution in [0, 0.1) is 0 Å². The second kappa shape index (κ2) is 11.8. The van der Waals surface area contributed by atoms with Gasteiger partial charge in [0.15, 0.2) is 23.8 Å². The SMILES string of the molecule is CCCCCCn1nc(C(=O)OCC(=O)Nc2ccc(OC)c(OC)c2)c2ccccc2c1=O. The number of methoxy groups -OCH3 is 2. The molecule has 1 N–H and O–H groups in total. The first kappa shape index (κ1) is 24.8. The van der Waals surface area contributed by atoms with Crippen LogP contribution in [0.25, 0.3) is 10.8 Å². The first-order valence-corrected chi connectivity index (χ1v) is 11.2. The Labute approximate surface area is 197 Å². The molecule has 9 nitrogen and oxygen atoms in total. The van der Waals surface area contributed by atoms with Gasteiger partial charge in [0.1, 0.15) is 0 Å². The lowest BCUT2D eigenvalue weighted by Crippen LogP contribution is -2.28. The van der Waals surface area contributed by atoms with Gasteiger partial charge in [-0.05, 0) is 24.6 Å². The van der Waals surface area contributed by atoms with E-state index in [4.69, 9.17) is 14.2 Å². The predicted octanol–water partition coefficient (Wildman–Crippen LogP) is 3.79. The number of hydrogen-bond donors (Lipinski definition) is 1. The van der Waals surface area contributed by atoms with E-state index in [9.17, 15) is 14.4 Å². The highest BCUT2D eigenvalue weighted by atomic mass is 16.5. The minimum Gasteiger partial charge on any atom is -0.493 e. The Morgan fingerprint density at radius 1 is 0.971 bits per heavy atom. The second-order valence-corrected chi connectivity index (χ2v) is 7.68. The average Bonchev–Trinajstić information content (AvgIpc) is 2.86. The van der Waals surface area contributed by atoms with E-state index in [1.54, 1.807) is 42.5 Å². The topological polar surface area (TPSA) is 109 Å².